The van der Waals surface area contributed by atoms with Crippen molar-refractivity contribution in [3.8, 4) is 5.75 Å². The number of rotatable bonds is 8. The average Bonchev–Trinajstić information content (AvgIpc) is 3.07. The first kappa shape index (κ1) is 17.5. The van der Waals surface area contributed by atoms with Gasteiger partial charge in [-0.15, -0.1) is 0 Å². The summed E-state index contributed by atoms with van der Waals surface area (Å²) >= 11 is 0. The maximum absolute atomic E-state index is 12.1. The molecule has 3 rings (SSSR count). The third kappa shape index (κ3) is 4.81. The van der Waals surface area contributed by atoms with Crippen LogP contribution in [0.1, 0.15) is 23.6 Å². The number of carbonyl (C=O) groups is 1. The lowest BCUT2D eigenvalue weighted by Crippen LogP contribution is -2.40. The molecule has 1 aliphatic rings. The molecule has 0 aromatic heterocycles. The number of nitrogens with one attached hydrogen (secondary N) is 2. The molecule has 2 atom stereocenters. The predicted octanol–water partition coefficient (Wildman–Crippen LogP) is 1.82. The van der Waals surface area contributed by atoms with E-state index in [1.807, 2.05) is 48.5 Å². The quantitative estimate of drug-likeness (QED) is 0.686. The first-order chi connectivity index (χ1) is 12.3. The zero-order chi connectivity index (χ0) is 17.5. The monoisotopic (exact) mass is 340 g/mol. The van der Waals surface area contributed by atoms with E-state index in [0.717, 1.165) is 17.7 Å². The largest absolute Gasteiger partial charge is 0.488 e. The first-order valence-corrected chi connectivity index (χ1v) is 8.66. The van der Waals surface area contributed by atoms with Crippen LogP contribution in [0.25, 0.3) is 0 Å². The normalized spacial score (nSPS) is 16.8. The highest BCUT2D eigenvalue weighted by atomic mass is 16.5. The summed E-state index contributed by atoms with van der Waals surface area (Å²) in [5, 5.41) is 15.4. The number of amides is 1. The fraction of sp³-hybridized carbons (Fsp3) is 0.350. The number of para-hydroxylation sites is 1. The molecule has 0 radical (unpaired) electrons. The van der Waals surface area contributed by atoms with E-state index in [9.17, 15) is 9.90 Å². The Morgan fingerprint density at radius 3 is 2.68 bits per heavy atom. The van der Waals surface area contributed by atoms with Crippen LogP contribution in [-0.2, 0) is 11.2 Å². The van der Waals surface area contributed by atoms with E-state index < -0.39 is 0 Å². The summed E-state index contributed by atoms with van der Waals surface area (Å²) in [4.78, 5) is 12.1. The summed E-state index contributed by atoms with van der Waals surface area (Å²) < 4.78 is 5.82. The molecule has 0 aliphatic carbocycles. The molecule has 0 spiro atoms. The molecule has 25 heavy (non-hydrogen) atoms. The van der Waals surface area contributed by atoms with Crippen LogP contribution in [0, 0.1) is 0 Å². The van der Waals surface area contributed by atoms with Gasteiger partial charge in [-0.2, -0.15) is 0 Å². The zero-order valence-corrected chi connectivity index (χ0v) is 14.2. The smallest absolute Gasteiger partial charge is 0.234 e. The lowest BCUT2D eigenvalue weighted by Gasteiger charge is -2.18. The van der Waals surface area contributed by atoms with Crippen LogP contribution in [0.5, 0.6) is 5.75 Å². The van der Waals surface area contributed by atoms with Gasteiger partial charge in [-0.05, 0) is 23.6 Å². The number of fused-ring (bicyclic) bond motifs is 1. The fourth-order valence-electron chi connectivity index (χ4n) is 3.07. The zero-order valence-electron chi connectivity index (χ0n) is 14.2. The van der Waals surface area contributed by atoms with E-state index in [-0.39, 0.29) is 31.2 Å². The van der Waals surface area contributed by atoms with Crippen molar-refractivity contribution < 1.29 is 14.6 Å². The molecule has 1 aliphatic heterocycles. The summed E-state index contributed by atoms with van der Waals surface area (Å²) in [6.07, 6.45) is 1.38. The number of hydrogen-bond donors (Lipinski definition) is 3. The molecule has 5 nitrogen and oxygen atoms in total. The Morgan fingerprint density at radius 1 is 1.16 bits per heavy atom. The standard InChI is InChI=1S/C20H24N2O3/c23-11-10-18(15-6-2-1-3-7-15)21-14-20(24)22-13-17-12-16-8-4-5-9-19(16)25-17/h1-9,17-18,21,23H,10-14H2,(H,22,24). The van der Waals surface area contributed by atoms with Crippen molar-refractivity contribution in [1.82, 2.24) is 10.6 Å². The maximum Gasteiger partial charge on any atom is 0.234 e. The van der Waals surface area contributed by atoms with E-state index in [0.29, 0.717) is 13.0 Å². The molecule has 1 amide bonds. The highest BCUT2D eigenvalue weighted by molar-refractivity contribution is 5.78. The maximum atomic E-state index is 12.1. The number of hydrogen-bond acceptors (Lipinski definition) is 4. The van der Waals surface area contributed by atoms with Crippen molar-refractivity contribution in [2.45, 2.75) is 25.0 Å². The molecule has 5 heteroatoms. The van der Waals surface area contributed by atoms with Gasteiger partial charge in [0.05, 0.1) is 13.1 Å². The fourth-order valence-corrected chi connectivity index (χ4v) is 3.07. The number of benzene rings is 2. The van der Waals surface area contributed by atoms with Crippen LogP contribution in [0.2, 0.25) is 0 Å². The molecule has 132 valence electrons. The minimum absolute atomic E-state index is 0.0105. The van der Waals surface area contributed by atoms with E-state index in [1.54, 1.807) is 0 Å². The average molecular weight is 340 g/mol. The van der Waals surface area contributed by atoms with Gasteiger partial charge in [-0.3, -0.25) is 4.79 Å². The molecular weight excluding hydrogens is 316 g/mol. The van der Waals surface area contributed by atoms with Crippen LogP contribution < -0.4 is 15.4 Å². The van der Waals surface area contributed by atoms with Crippen molar-refractivity contribution >= 4 is 5.91 Å². The van der Waals surface area contributed by atoms with E-state index in [2.05, 4.69) is 16.7 Å². The highest BCUT2D eigenvalue weighted by Crippen LogP contribution is 2.27. The van der Waals surface area contributed by atoms with Gasteiger partial charge in [0.2, 0.25) is 5.91 Å². The summed E-state index contributed by atoms with van der Waals surface area (Å²) in [7, 11) is 0. The van der Waals surface area contributed by atoms with E-state index >= 15 is 0 Å². The van der Waals surface area contributed by atoms with Gasteiger partial charge in [0, 0.05) is 19.1 Å². The summed E-state index contributed by atoms with van der Waals surface area (Å²) in [5.74, 6) is 0.838. The molecule has 3 N–H and O–H groups in total. The van der Waals surface area contributed by atoms with Crippen molar-refractivity contribution in [3.05, 3.63) is 65.7 Å². The van der Waals surface area contributed by atoms with Gasteiger partial charge in [0.15, 0.2) is 0 Å². The van der Waals surface area contributed by atoms with Crippen molar-refractivity contribution in [3.63, 3.8) is 0 Å². The van der Waals surface area contributed by atoms with Gasteiger partial charge in [-0.1, -0.05) is 48.5 Å². The van der Waals surface area contributed by atoms with Crippen LogP contribution in [0.3, 0.4) is 0 Å². The Morgan fingerprint density at radius 2 is 1.92 bits per heavy atom. The molecule has 2 aromatic carbocycles. The summed E-state index contributed by atoms with van der Waals surface area (Å²) in [6, 6.07) is 17.8. The molecular formula is C20H24N2O3. The molecule has 0 fully saturated rings. The molecule has 0 saturated carbocycles. The molecule has 1 heterocycles. The molecule has 0 bridgehead atoms. The minimum atomic E-state index is -0.0709. The topological polar surface area (TPSA) is 70.6 Å². The summed E-state index contributed by atoms with van der Waals surface area (Å²) in [6.45, 7) is 0.771. The Hall–Kier alpha value is -2.37. The minimum Gasteiger partial charge on any atom is -0.488 e. The second-order valence-corrected chi connectivity index (χ2v) is 6.21. The second kappa shape index (κ2) is 8.65. The second-order valence-electron chi connectivity index (χ2n) is 6.21. The Balaban J connectivity index is 1.43. The lowest BCUT2D eigenvalue weighted by molar-refractivity contribution is -0.120. The number of aliphatic hydroxyl groups is 1. The van der Waals surface area contributed by atoms with E-state index in [1.165, 1.54) is 5.56 Å². The first-order valence-electron chi connectivity index (χ1n) is 8.66. The summed E-state index contributed by atoms with van der Waals surface area (Å²) in [5.41, 5.74) is 2.26. The van der Waals surface area contributed by atoms with Crippen molar-refractivity contribution in [2.75, 3.05) is 19.7 Å². The van der Waals surface area contributed by atoms with Crippen LogP contribution >= 0.6 is 0 Å². The van der Waals surface area contributed by atoms with Crippen LogP contribution in [0.4, 0.5) is 0 Å². The van der Waals surface area contributed by atoms with Gasteiger partial charge in [0.25, 0.3) is 0 Å². The predicted molar refractivity (Wildman–Crippen MR) is 96.5 cm³/mol. The van der Waals surface area contributed by atoms with Crippen molar-refractivity contribution in [2.24, 2.45) is 0 Å². The highest BCUT2D eigenvalue weighted by Gasteiger charge is 2.22. The van der Waals surface area contributed by atoms with Crippen LogP contribution in [0.15, 0.2) is 54.6 Å². The van der Waals surface area contributed by atoms with Gasteiger partial charge in [0.1, 0.15) is 11.9 Å². The molecule has 2 unspecified atom stereocenters. The molecule has 0 saturated heterocycles. The van der Waals surface area contributed by atoms with Gasteiger partial charge < -0.3 is 20.5 Å². The lowest BCUT2D eigenvalue weighted by atomic mass is 10.0. The third-order valence-corrected chi connectivity index (χ3v) is 4.37. The Bertz CT molecular complexity index is 665. The molecule has 2 aromatic rings. The van der Waals surface area contributed by atoms with Crippen LogP contribution in [-0.4, -0.2) is 36.8 Å². The van der Waals surface area contributed by atoms with Crippen molar-refractivity contribution in [1.29, 1.82) is 0 Å². The van der Waals surface area contributed by atoms with Gasteiger partial charge in [-0.25, -0.2) is 0 Å². The number of ether oxygens (including phenoxy) is 1. The SMILES string of the molecule is O=C(CNC(CCO)c1ccccc1)NCC1Cc2ccccc2O1. The van der Waals surface area contributed by atoms with E-state index in [4.69, 9.17) is 4.74 Å². The number of carbonyl (C=O) groups excluding carboxylic acids is 1. The Kier molecular flexibility index (Phi) is 6.04. The Labute approximate surface area is 148 Å². The number of aliphatic hydroxyl groups excluding tert-OH is 1. The third-order valence-electron chi connectivity index (χ3n) is 4.37. The van der Waals surface area contributed by atoms with Gasteiger partial charge >= 0.3 is 0 Å².